The summed E-state index contributed by atoms with van der Waals surface area (Å²) in [6.45, 7) is 4.42. The van der Waals surface area contributed by atoms with Crippen molar-refractivity contribution in [3.63, 3.8) is 0 Å². The van der Waals surface area contributed by atoms with Crippen molar-refractivity contribution in [1.82, 2.24) is 0 Å². The Hall–Kier alpha value is -0.370. The average molecular weight is 208 g/mol. The van der Waals surface area contributed by atoms with E-state index in [0.717, 1.165) is 19.3 Å². The van der Waals surface area contributed by atoms with E-state index in [-0.39, 0.29) is 11.0 Å². The van der Waals surface area contributed by atoms with Crippen LogP contribution < -0.4 is 0 Å². The van der Waals surface area contributed by atoms with Crippen molar-refractivity contribution in [3.05, 3.63) is 0 Å². The van der Waals surface area contributed by atoms with Gasteiger partial charge < -0.3 is 4.74 Å². The number of carbonyl (C=O) groups excluding carboxylic acids is 1. The predicted octanol–water partition coefficient (Wildman–Crippen LogP) is 2.70. The zero-order valence-electron chi connectivity index (χ0n) is 9.71. The maximum absolute atomic E-state index is 12.2. The Kier molecular flexibility index (Phi) is 1.87. The van der Waals surface area contributed by atoms with Crippen molar-refractivity contribution in [2.75, 3.05) is 0 Å². The van der Waals surface area contributed by atoms with E-state index in [1.165, 1.54) is 19.3 Å². The van der Waals surface area contributed by atoms with Gasteiger partial charge in [-0.15, -0.1) is 0 Å². The highest BCUT2D eigenvalue weighted by Crippen LogP contribution is 2.59. The van der Waals surface area contributed by atoms with Gasteiger partial charge in [0, 0.05) is 11.8 Å². The summed E-state index contributed by atoms with van der Waals surface area (Å²) in [5.74, 6) is 1.03. The zero-order chi connectivity index (χ0) is 10.7. The second-order valence-electron chi connectivity index (χ2n) is 5.99. The van der Waals surface area contributed by atoms with Crippen LogP contribution >= 0.6 is 0 Å². The maximum Gasteiger partial charge on any atom is 0.165 e. The molecule has 3 aliphatic rings. The molecule has 2 bridgehead atoms. The summed E-state index contributed by atoms with van der Waals surface area (Å²) in [6, 6.07) is 0. The molecule has 0 radical (unpaired) electrons. The van der Waals surface area contributed by atoms with E-state index in [4.69, 9.17) is 4.74 Å². The number of fused-ring (bicyclic) bond motifs is 1. The van der Waals surface area contributed by atoms with Gasteiger partial charge in [-0.2, -0.15) is 0 Å². The van der Waals surface area contributed by atoms with Crippen LogP contribution in [-0.4, -0.2) is 17.5 Å². The zero-order valence-corrected chi connectivity index (χ0v) is 9.71. The fourth-order valence-corrected chi connectivity index (χ4v) is 4.11. The summed E-state index contributed by atoms with van der Waals surface area (Å²) in [6.07, 6.45) is 6.74. The van der Waals surface area contributed by atoms with Crippen LogP contribution in [0, 0.1) is 11.3 Å². The normalized spacial score (nSPS) is 54.1. The molecule has 1 heterocycles. The van der Waals surface area contributed by atoms with Gasteiger partial charge in [-0.1, -0.05) is 6.92 Å². The summed E-state index contributed by atoms with van der Waals surface area (Å²) in [5, 5.41) is 0. The Labute approximate surface area is 91.4 Å². The molecule has 0 N–H and O–H groups in total. The third-order valence-corrected chi connectivity index (χ3v) is 5.23. The topological polar surface area (TPSA) is 26.3 Å². The highest BCUT2D eigenvalue weighted by Gasteiger charge is 2.63. The first-order valence-corrected chi connectivity index (χ1v) is 6.29. The summed E-state index contributed by atoms with van der Waals surface area (Å²) in [4.78, 5) is 12.2. The molecule has 0 aromatic rings. The lowest BCUT2D eigenvalue weighted by Crippen LogP contribution is -2.56. The van der Waals surface area contributed by atoms with E-state index >= 15 is 0 Å². The van der Waals surface area contributed by atoms with Gasteiger partial charge in [0.25, 0.3) is 0 Å². The molecule has 3 rings (SSSR count). The molecule has 0 aromatic heterocycles. The first-order chi connectivity index (χ1) is 7.07. The van der Waals surface area contributed by atoms with E-state index in [2.05, 4.69) is 13.8 Å². The molecular formula is C13H20O2. The van der Waals surface area contributed by atoms with Gasteiger partial charge in [-0.05, 0) is 44.9 Å². The molecule has 3 fully saturated rings. The molecule has 2 aliphatic carbocycles. The molecule has 1 spiro atoms. The van der Waals surface area contributed by atoms with Crippen molar-refractivity contribution >= 4 is 5.78 Å². The van der Waals surface area contributed by atoms with Gasteiger partial charge in [0.1, 0.15) is 5.60 Å². The highest BCUT2D eigenvalue weighted by molar-refractivity contribution is 5.89. The minimum absolute atomic E-state index is 0.142. The monoisotopic (exact) mass is 208 g/mol. The summed E-state index contributed by atoms with van der Waals surface area (Å²) in [7, 11) is 0. The Morgan fingerprint density at radius 3 is 3.00 bits per heavy atom. The molecule has 3 unspecified atom stereocenters. The largest absolute Gasteiger partial charge is 0.363 e. The molecule has 1 aliphatic heterocycles. The summed E-state index contributed by atoms with van der Waals surface area (Å²) >= 11 is 0. The average Bonchev–Trinajstić information content (AvgIpc) is 2.48. The van der Waals surface area contributed by atoms with Crippen LogP contribution in [0.3, 0.4) is 0 Å². The van der Waals surface area contributed by atoms with Gasteiger partial charge in [-0.25, -0.2) is 0 Å². The van der Waals surface area contributed by atoms with Crippen molar-refractivity contribution < 1.29 is 9.53 Å². The Balaban J connectivity index is 2.05. The number of carbonyl (C=O) groups is 1. The molecule has 2 saturated carbocycles. The number of rotatable bonds is 0. The molecule has 0 amide bonds. The highest BCUT2D eigenvalue weighted by atomic mass is 16.5. The quantitative estimate of drug-likeness (QED) is 0.612. The van der Waals surface area contributed by atoms with Crippen LogP contribution in [0.1, 0.15) is 52.4 Å². The molecular weight excluding hydrogens is 188 g/mol. The van der Waals surface area contributed by atoms with Gasteiger partial charge in [0.15, 0.2) is 5.78 Å². The van der Waals surface area contributed by atoms with Crippen molar-refractivity contribution in [2.45, 2.75) is 64.1 Å². The molecule has 84 valence electrons. The molecule has 2 heteroatoms. The van der Waals surface area contributed by atoms with E-state index in [1.54, 1.807) is 0 Å². The molecule has 2 nitrogen and oxygen atoms in total. The van der Waals surface area contributed by atoms with E-state index in [0.29, 0.717) is 17.8 Å². The van der Waals surface area contributed by atoms with Gasteiger partial charge in [-0.3, -0.25) is 4.79 Å². The second kappa shape index (κ2) is 2.85. The Morgan fingerprint density at radius 2 is 2.20 bits per heavy atom. The lowest BCUT2D eigenvalue weighted by Gasteiger charge is -2.50. The first kappa shape index (κ1) is 9.83. The van der Waals surface area contributed by atoms with Crippen LogP contribution in [0.25, 0.3) is 0 Å². The molecule has 1 saturated heterocycles. The fraction of sp³-hybridized carbons (Fsp3) is 0.923. The second-order valence-corrected chi connectivity index (χ2v) is 5.99. The third-order valence-electron chi connectivity index (χ3n) is 5.23. The standard InChI is InChI=1S/C13H20O2/c1-9-10-5-7-12(2)6-3-4-11(14)13(12,8-10)15-9/h9-10H,3-8H2,1-2H3/t9?,10?,12-,13?/m0/s1. The fourth-order valence-electron chi connectivity index (χ4n) is 4.11. The third kappa shape index (κ3) is 1.06. The van der Waals surface area contributed by atoms with E-state index in [1.807, 2.05) is 0 Å². The first-order valence-electron chi connectivity index (χ1n) is 6.29. The maximum atomic E-state index is 12.2. The van der Waals surface area contributed by atoms with Crippen LogP contribution in [0.2, 0.25) is 0 Å². The Morgan fingerprint density at radius 1 is 1.40 bits per heavy atom. The van der Waals surface area contributed by atoms with Gasteiger partial charge >= 0.3 is 0 Å². The Bertz CT molecular complexity index is 308. The minimum Gasteiger partial charge on any atom is -0.363 e. The van der Waals surface area contributed by atoms with Crippen LogP contribution in [0.15, 0.2) is 0 Å². The smallest absolute Gasteiger partial charge is 0.165 e. The summed E-state index contributed by atoms with van der Waals surface area (Å²) in [5.41, 5.74) is -0.239. The molecule has 0 aromatic carbocycles. The summed E-state index contributed by atoms with van der Waals surface area (Å²) < 4.78 is 6.14. The van der Waals surface area contributed by atoms with Crippen LogP contribution in [0.4, 0.5) is 0 Å². The van der Waals surface area contributed by atoms with Crippen molar-refractivity contribution in [2.24, 2.45) is 11.3 Å². The molecule has 15 heavy (non-hydrogen) atoms. The SMILES string of the molecule is CC1OC23CC1CC[C@]2(C)CCCC3=O. The molecule has 4 atom stereocenters. The number of ketones is 1. The lowest BCUT2D eigenvalue weighted by molar-refractivity contribution is -0.170. The van der Waals surface area contributed by atoms with Crippen molar-refractivity contribution in [1.29, 1.82) is 0 Å². The number of Topliss-reactive ketones (excluding diaryl/α,β-unsaturated/α-hetero) is 1. The minimum atomic E-state index is -0.381. The number of hydrogen-bond acceptors (Lipinski definition) is 2. The lowest BCUT2D eigenvalue weighted by atomic mass is 9.56. The number of hydrogen-bond donors (Lipinski definition) is 0. The van der Waals surface area contributed by atoms with Crippen LogP contribution in [0.5, 0.6) is 0 Å². The van der Waals surface area contributed by atoms with E-state index in [9.17, 15) is 4.79 Å². The van der Waals surface area contributed by atoms with E-state index < -0.39 is 0 Å². The van der Waals surface area contributed by atoms with Gasteiger partial charge in [0.05, 0.1) is 6.10 Å². The van der Waals surface area contributed by atoms with Gasteiger partial charge in [0.2, 0.25) is 0 Å². The number of ether oxygens (including phenoxy) is 1. The van der Waals surface area contributed by atoms with Crippen molar-refractivity contribution in [3.8, 4) is 0 Å². The predicted molar refractivity (Wildman–Crippen MR) is 57.6 cm³/mol. The van der Waals surface area contributed by atoms with Crippen LogP contribution in [-0.2, 0) is 9.53 Å².